The van der Waals surface area contributed by atoms with Crippen LogP contribution >= 0.6 is 11.3 Å². The monoisotopic (exact) mass is 268 g/mol. The molecule has 98 valence electrons. The van der Waals surface area contributed by atoms with Crippen LogP contribution < -0.4 is 0 Å². The molecule has 1 saturated carbocycles. The lowest BCUT2D eigenvalue weighted by Gasteiger charge is -2.38. The third-order valence-corrected chi connectivity index (χ3v) is 4.26. The highest BCUT2D eigenvalue weighted by Crippen LogP contribution is 2.42. The van der Waals surface area contributed by atoms with Crippen LogP contribution in [0.4, 0.5) is 0 Å². The maximum atomic E-state index is 12.2. The van der Waals surface area contributed by atoms with Crippen molar-refractivity contribution in [2.24, 2.45) is 5.41 Å². The zero-order valence-electron chi connectivity index (χ0n) is 10.5. The Bertz CT molecular complexity index is 479. The van der Waals surface area contributed by atoms with Gasteiger partial charge in [0.1, 0.15) is 5.41 Å². The van der Waals surface area contributed by atoms with Crippen LogP contribution in [0.25, 0.3) is 0 Å². The van der Waals surface area contributed by atoms with E-state index in [0.717, 1.165) is 17.1 Å². The number of aryl methyl sites for hydroxylation is 1. The van der Waals surface area contributed by atoms with E-state index in [1.165, 1.54) is 16.2 Å². The zero-order chi connectivity index (χ0) is 13.3. The van der Waals surface area contributed by atoms with E-state index in [4.69, 9.17) is 0 Å². The predicted octanol–water partition coefficient (Wildman–Crippen LogP) is 1.66. The number of nitrogens with zero attached hydrogens (tertiary/aromatic N) is 2. The van der Waals surface area contributed by atoms with Gasteiger partial charge in [0.2, 0.25) is 5.91 Å². The van der Waals surface area contributed by atoms with Crippen LogP contribution in [0.15, 0.2) is 5.38 Å². The van der Waals surface area contributed by atoms with Crippen molar-refractivity contribution in [3.05, 3.63) is 16.1 Å². The van der Waals surface area contributed by atoms with Gasteiger partial charge in [-0.1, -0.05) is 6.42 Å². The van der Waals surface area contributed by atoms with Crippen LogP contribution in [0.1, 0.15) is 30.0 Å². The smallest absolute Gasteiger partial charge is 0.319 e. The van der Waals surface area contributed by atoms with Crippen LogP contribution in [0.5, 0.6) is 0 Å². The molecule has 0 bridgehead atoms. The molecule has 0 unspecified atom stereocenters. The Morgan fingerprint density at radius 2 is 2.22 bits per heavy atom. The van der Waals surface area contributed by atoms with Gasteiger partial charge in [-0.25, -0.2) is 4.98 Å². The normalized spacial score (nSPS) is 17.0. The fourth-order valence-corrected chi connectivity index (χ4v) is 2.81. The Balaban J connectivity index is 2.07. The van der Waals surface area contributed by atoms with E-state index >= 15 is 0 Å². The summed E-state index contributed by atoms with van der Waals surface area (Å²) >= 11 is 1.53. The van der Waals surface area contributed by atoms with Crippen molar-refractivity contribution in [1.29, 1.82) is 0 Å². The standard InChI is InChI=1S/C12H16N2O3S/c1-8-13-9(7-18-8)6-14(2)10(15)12(11(16)17)4-3-5-12/h7H,3-6H2,1-2H3,(H,16,17). The first-order valence-corrected chi connectivity index (χ1v) is 6.73. The van der Waals surface area contributed by atoms with Gasteiger partial charge in [0.25, 0.3) is 0 Å². The van der Waals surface area contributed by atoms with E-state index in [0.29, 0.717) is 19.4 Å². The Morgan fingerprint density at radius 1 is 1.56 bits per heavy atom. The van der Waals surface area contributed by atoms with Crippen LogP contribution in [0, 0.1) is 12.3 Å². The number of carboxylic acid groups (broad SMARTS) is 1. The molecule has 1 aromatic heterocycles. The van der Waals surface area contributed by atoms with E-state index in [1.54, 1.807) is 7.05 Å². The minimum Gasteiger partial charge on any atom is -0.480 e. The molecule has 1 amide bonds. The molecule has 2 rings (SSSR count). The van der Waals surface area contributed by atoms with Crippen molar-refractivity contribution in [2.45, 2.75) is 32.7 Å². The average Bonchev–Trinajstić information content (AvgIpc) is 2.61. The Morgan fingerprint density at radius 3 is 2.61 bits per heavy atom. The number of thiazole rings is 1. The number of aromatic nitrogens is 1. The van der Waals surface area contributed by atoms with E-state index in [2.05, 4.69) is 4.98 Å². The molecule has 0 saturated heterocycles. The molecular formula is C12H16N2O3S. The molecule has 5 nitrogen and oxygen atoms in total. The van der Waals surface area contributed by atoms with Gasteiger partial charge in [-0.15, -0.1) is 11.3 Å². The second-order valence-corrected chi connectivity index (χ2v) is 5.82. The highest BCUT2D eigenvalue weighted by atomic mass is 32.1. The summed E-state index contributed by atoms with van der Waals surface area (Å²) in [5.41, 5.74) is -0.368. The maximum Gasteiger partial charge on any atom is 0.319 e. The van der Waals surface area contributed by atoms with Gasteiger partial charge in [0.05, 0.1) is 17.2 Å². The molecule has 0 spiro atoms. The van der Waals surface area contributed by atoms with Crippen LogP contribution in [0.2, 0.25) is 0 Å². The lowest BCUT2D eigenvalue weighted by Crippen LogP contribution is -2.51. The molecule has 1 fully saturated rings. The minimum absolute atomic E-state index is 0.299. The molecule has 1 heterocycles. The van der Waals surface area contributed by atoms with Gasteiger partial charge in [-0.3, -0.25) is 9.59 Å². The molecule has 0 radical (unpaired) electrons. The van der Waals surface area contributed by atoms with E-state index in [-0.39, 0.29) is 5.91 Å². The van der Waals surface area contributed by atoms with Gasteiger partial charge in [0.15, 0.2) is 0 Å². The van der Waals surface area contributed by atoms with Gasteiger partial charge in [0, 0.05) is 12.4 Å². The molecule has 6 heteroatoms. The quantitative estimate of drug-likeness (QED) is 0.843. The molecule has 1 aliphatic carbocycles. The number of amides is 1. The van der Waals surface area contributed by atoms with Crippen molar-refractivity contribution in [3.8, 4) is 0 Å². The number of rotatable bonds is 4. The third-order valence-electron chi connectivity index (χ3n) is 3.44. The van der Waals surface area contributed by atoms with Gasteiger partial charge in [-0.2, -0.15) is 0 Å². The van der Waals surface area contributed by atoms with Crippen molar-refractivity contribution in [2.75, 3.05) is 7.05 Å². The molecule has 0 aromatic carbocycles. The summed E-state index contributed by atoms with van der Waals surface area (Å²) in [5.74, 6) is -1.30. The van der Waals surface area contributed by atoms with Gasteiger partial charge >= 0.3 is 5.97 Å². The number of hydrogen-bond acceptors (Lipinski definition) is 4. The highest BCUT2D eigenvalue weighted by molar-refractivity contribution is 7.09. The Hall–Kier alpha value is -1.43. The van der Waals surface area contributed by atoms with Crippen molar-refractivity contribution in [1.82, 2.24) is 9.88 Å². The van der Waals surface area contributed by atoms with Gasteiger partial charge in [-0.05, 0) is 19.8 Å². The zero-order valence-corrected chi connectivity index (χ0v) is 11.3. The first-order valence-electron chi connectivity index (χ1n) is 5.86. The molecule has 0 atom stereocenters. The molecule has 18 heavy (non-hydrogen) atoms. The number of carbonyl (C=O) groups excluding carboxylic acids is 1. The maximum absolute atomic E-state index is 12.2. The van der Waals surface area contributed by atoms with Crippen molar-refractivity contribution < 1.29 is 14.7 Å². The number of carboxylic acids is 1. The van der Waals surface area contributed by atoms with E-state index in [9.17, 15) is 14.7 Å². The SMILES string of the molecule is Cc1nc(CN(C)C(=O)C2(C(=O)O)CCC2)cs1. The van der Waals surface area contributed by atoms with Crippen LogP contribution in [0.3, 0.4) is 0 Å². The fraction of sp³-hybridized carbons (Fsp3) is 0.583. The van der Waals surface area contributed by atoms with E-state index < -0.39 is 11.4 Å². The minimum atomic E-state index is -1.18. The average molecular weight is 268 g/mol. The first-order chi connectivity index (χ1) is 8.45. The third kappa shape index (κ3) is 2.12. The summed E-state index contributed by atoms with van der Waals surface area (Å²) in [6, 6.07) is 0. The number of hydrogen-bond donors (Lipinski definition) is 1. The summed E-state index contributed by atoms with van der Waals surface area (Å²) in [4.78, 5) is 29.2. The fourth-order valence-electron chi connectivity index (χ4n) is 2.21. The van der Waals surface area contributed by atoms with Crippen molar-refractivity contribution in [3.63, 3.8) is 0 Å². The highest BCUT2D eigenvalue weighted by Gasteiger charge is 2.52. The molecule has 1 aromatic rings. The largest absolute Gasteiger partial charge is 0.480 e. The van der Waals surface area contributed by atoms with Gasteiger partial charge < -0.3 is 10.0 Å². The predicted molar refractivity (Wildman–Crippen MR) is 67.2 cm³/mol. The number of aliphatic carboxylic acids is 1. The second kappa shape index (κ2) is 4.68. The summed E-state index contributed by atoms with van der Waals surface area (Å²) in [6.45, 7) is 2.28. The second-order valence-electron chi connectivity index (χ2n) is 4.76. The lowest BCUT2D eigenvalue weighted by atomic mass is 9.68. The molecule has 1 aliphatic rings. The first kappa shape index (κ1) is 13.0. The molecule has 0 aliphatic heterocycles. The topological polar surface area (TPSA) is 70.5 Å². The van der Waals surface area contributed by atoms with Crippen molar-refractivity contribution >= 4 is 23.2 Å². The Kier molecular flexibility index (Phi) is 3.38. The molecular weight excluding hydrogens is 252 g/mol. The summed E-state index contributed by atoms with van der Waals surface area (Å²) in [5, 5.41) is 12.1. The van der Waals surface area contributed by atoms with Crippen LogP contribution in [-0.2, 0) is 16.1 Å². The summed E-state index contributed by atoms with van der Waals surface area (Å²) in [6.07, 6.45) is 1.70. The Labute approximate surface area is 109 Å². The molecule has 1 N–H and O–H groups in total. The number of carbonyl (C=O) groups is 2. The summed E-state index contributed by atoms with van der Waals surface area (Å²) in [7, 11) is 1.64. The summed E-state index contributed by atoms with van der Waals surface area (Å²) < 4.78 is 0. The van der Waals surface area contributed by atoms with Crippen LogP contribution in [-0.4, -0.2) is 33.9 Å². The van der Waals surface area contributed by atoms with E-state index in [1.807, 2.05) is 12.3 Å². The lowest BCUT2D eigenvalue weighted by molar-refractivity contribution is -0.167.